The molecule has 0 saturated carbocycles. The van der Waals surface area contributed by atoms with Gasteiger partial charge in [0.1, 0.15) is 0 Å². The lowest BCUT2D eigenvalue weighted by atomic mass is 10.1. The average molecular weight is 296 g/mol. The Morgan fingerprint density at radius 3 is 2.05 bits per heavy atom. The quantitative estimate of drug-likeness (QED) is 0.886. The van der Waals surface area contributed by atoms with Crippen LogP contribution >= 0.6 is 0 Å². The van der Waals surface area contributed by atoms with Crippen molar-refractivity contribution in [2.45, 2.75) is 13.0 Å². The van der Waals surface area contributed by atoms with E-state index in [4.69, 9.17) is 0 Å². The van der Waals surface area contributed by atoms with Crippen LogP contribution in [0.3, 0.4) is 0 Å². The molecule has 114 valence electrons. The zero-order valence-electron chi connectivity index (χ0n) is 12.7. The van der Waals surface area contributed by atoms with Crippen molar-refractivity contribution < 1.29 is 9.59 Å². The fourth-order valence-corrected chi connectivity index (χ4v) is 2.10. The number of nitrogens with one attached hydrogen (secondary N) is 1. The molecule has 22 heavy (non-hydrogen) atoms. The molecule has 2 amide bonds. The second-order valence-electron chi connectivity index (χ2n) is 5.17. The van der Waals surface area contributed by atoms with Gasteiger partial charge >= 0.3 is 0 Å². The van der Waals surface area contributed by atoms with E-state index < -0.39 is 0 Å². The zero-order chi connectivity index (χ0) is 15.8. The van der Waals surface area contributed by atoms with E-state index >= 15 is 0 Å². The van der Waals surface area contributed by atoms with E-state index in [-0.39, 0.29) is 24.8 Å². The first-order valence-corrected chi connectivity index (χ1v) is 7.23. The molecule has 0 bridgehead atoms. The number of likely N-dealkylation sites (N-methyl/N-ethyl adjacent to an activating group) is 1. The van der Waals surface area contributed by atoms with Crippen molar-refractivity contribution >= 4 is 11.8 Å². The Kier molecular flexibility index (Phi) is 5.72. The van der Waals surface area contributed by atoms with Gasteiger partial charge in [0.15, 0.2) is 0 Å². The van der Waals surface area contributed by atoms with Crippen LogP contribution in [0.4, 0.5) is 0 Å². The maximum absolute atomic E-state index is 12.0. The highest BCUT2D eigenvalue weighted by Crippen LogP contribution is 2.03. The summed E-state index contributed by atoms with van der Waals surface area (Å²) in [6.45, 7) is 0.559. The third-order valence-corrected chi connectivity index (χ3v) is 3.33. The molecular formula is C18H20N2O2. The molecule has 0 heterocycles. The van der Waals surface area contributed by atoms with E-state index in [0.717, 1.165) is 11.1 Å². The van der Waals surface area contributed by atoms with Crippen molar-refractivity contribution in [1.82, 2.24) is 10.2 Å². The minimum absolute atomic E-state index is 0.0228. The maximum atomic E-state index is 12.0. The maximum Gasteiger partial charge on any atom is 0.242 e. The number of carbonyl (C=O) groups is 2. The molecular weight excluding hydrogens is 276 g/mol. The van der Waals surface area contributed by atoms with Gasteiger partial charge in [0.05, 0.1) is 13.0 Å². The average Bonchev–Trinajstić information content (AvgIpc) is 2.54. The number of hydrogen-bond donors (Lipinski definition) is 1. The second-order valence-corrected chi connectivity index (χ2v) is 5.17. The van der Waals surface area contributed by atoms with Gasteiger partial charge in [-0.25, -0.2) is 0 Å². The van der Waals surface area contributed by atoms with Crippen molar-refractivity contribution in [3.8, 4) is 0 Å². The van der Waals surface area contributed by atoms with Crippen LogP contribution in [0.2, 0.25) is 0 Å². The van der Waals surface area contributed by atoms with Crippen LogP contribution in [0.1, 0.15) is 11.1 Å². The summed E-state index contributed by atoms with van der Waals surface area (Å²) in [6.07, 6.45) is 0.288. The molecule has 4 heteroatoms. The summed E-state index contributed by atoms with van der Waals surface area (Å²) in [5, 5.41) is 2.67. The highest BCUT2D eigenvalue weighted by atomic mass is 16.2. The van der Waals surface area contributed by atoms with Gasteiger partial charge in [0.25, 0.3) is 0 Å². The SMILES string of the molecule is CN(Cc1ccccc1)C(=O)CNC(=O)Cc1ccccc1. The van der Waals surface area contributed by atoms with E-state index in [2.05, 4.69) is 5.32 Å². The number of rotatable bonds is 6. The molecule has 0 fully saturated rings. The van der Waals surface area contributed by atoms with E-state index in [0.29, 0.717) is 6.54 Å². The van der Waals surface area contributed by atoms with Gasteiger partial charge < -0.3 is 10.2 Å². The standard InChI is InChI=1S/C18H20N2O2/c1-20(14-16-10-6-3-7-11-16)18(22)13-19-17(21)12-15-8-4-2-5-9-15/h2-11H,12-14H2,1H3,(H,19,21). The third-order valence-electron chi connectivity index (χ3n) is 3.33. The Balaban J connectivity index is 1.76. The van der Waals surface area contributed by atoms with Crippen molar-refractivity contribution in [1.29, 1.82) is 0 Å². The monoisotopic (exact) mass is 296 g/mol. The summed E-state index contributed by atoms with van der Waals surface area (Å²) in [4.78, 5) is 25.4. The molecule has 0 atom stereocenters. The fraction of sp³-hybridized carbons (Fsp3) is 0.222. The number of amides is 2. The fourth-order valence-electron chi connectivity index (χ4n) is 2.10. The molecule has 0 radical (unpaired) electrons. The Hall–Kier alpha value is -2.62. The first-order valence-electron chi connectivity index (χ1n) is 7.23. The summed E-state index contributed by atoms with van der Waals surface area (Å²) in [7, 11) is 1.73. The smallest absolute Gasteiger partial charge is 0.242 e. The van der Waals surface area contributed by atoms with Crippen LogP contribution in [-0.2, 0) is 22.6 Å². The Morgan fingerprint density at radius 1 is 0.909 bits per heavy atom. The van der Waals surface area contributed by atoms with Gasteiger partial charge in [-0.15, -0.1) is 0 Å². The Morgan fingerprint density at radius 2 is 1.45 bits per heavy atom. The summed E-state index contributed by atoms with van der Waals surface area (Å²) >= 11 is 0. The molecule has 0 aliphatic heterocycles. The topological polar surface area (TPSA) is 49.4 Å². The van der Waals surface area contributed by atoms with Gasteiger partial charge in [-0.05, 0) is 11.1 Å². The summed E-state index contributed by atoms with van der Waals surface area (Å²) < 4.78 is 0. The summed E-state index contributed by atoms with van der Waals surface area (Å²) in [6, 6.07) is 19.2. The lowest BCUT2D eigenvalue weighted by Gasteiger charge is -2.17. The normalized spacial score (nSPS) is 10.0. The van der Waals surface area contributed by atoms with Crippen molar-refractivity contribution in [2.75, 3.05) is 13.6 Å². The Labute approximate surface area is 130 Å². The van der Waals surface area contributed by atoms with Gasteiger partial charge in [-0.3, -0.25) is 9.59 Å². The molecule has 0 saturated heterocycles. The molecule has 0 aliphatic rings. The summed E-state index contributed by atoms with van der Waals surface area (Å²) in [5.41, 5.74) is 2.00. The van der Waals surface area contributed by atoms with E-state index in [1.807, 2.05) is 60.7 Å². The predicted molar refractivity (Wildman–Crippen MR) is 86.1 cm³/mol. The van der Waals surface area contributed by atoms with Crippen LogP contribution < -0.4 is 5.32 Å². The number of carbonyl (C=O) groups excluding carboxylic acids is 2. The van der Waals surface area contributed by atoms with Gasteiger partial charge in [0.2, 0.25) is 11.8 Å². The number of hydrogen-bond acceptors (Lipinski definition) is 2. The van der Waals surface area contributed by atoms with E-state index in [1.54, 1.807) is 11.9 Å². The molecule has 0 unspecified atom stereocenters. The second kappa shape index (κ2) is 7.98. The van der Waals surface area contributed by atoms with Gasteiger partial charge in [-0.1, -0.05) is 60.7 Å². The van der Waals surface area contributed by atoms with E-state index in [1.165, 1.54) is 0 Å². The lowest BCUT2D eigenvalue weighted by molar-refractivity contribution is -0.132. The van der Waals surface area contributed by atoms with E-state index in [9.17, 15) is 9.59 Å². The molecule has 1 N–H and O–H groups in total. The van der Waals surface area contributed by atoms with Crippen LogP contribution in [-0.4, -0.2) is 30.3 Å². The highest BCUT2D eigenvalue weighted by Gasteiger charge is 2.11. The first-order chi connectivity index (χ1) is 10.6. The van der Waals surface area contributed by atoms with Crippen LogP contribution in [0.25, 0.3) is 0 Å². The van der Waals surface area contributed by atoms with Crippen molar-refractivity contribution in [3.05, 3.63) is 71.8 Å². The van der Waals surface area contributed by atoms with Crippen LogP contribution in [0, 0.1) is 0 Å². The lowest BCUT2D eigenvalue weighted by Crippen LogP contribution is -2.38. The molecule has 4 nitrogen and oxygen atoms in total. The highest BCUT2D eigenvalue weighted by molar-refractivity contribution is 5.85. The van der Waals surface area contributed by atoms with Gasteiger partial charge in [0, 0.05) is 13.6 Å². The van der Waals surface area contributed by atoms with Crippen LogP contribution in [0.15, 0.2) is 60.7 Å². The third kappa shape index (κ3) is 5.05. The zero-order valence-corrected chi connectivity index (χ0v) is 12.7. The molecule has 0 aromatic heterocycles. The number of benzene rings is 2. The van der Waals surface area contributed by atoms with Crippen molar-refractivity contribution in [3.63, 3.8) is 0 Å². The molecule has 0 aliphatic carbocycles. The predicted octanol–water partition coefficient (Wildman–Crippen LogP) is 2.00. The van der Waals surface area contributed by atoms with Crippen LogP contribution in [0.5, 0.6) is 0 Å². The number of nitrogens with zero attached hydrogens (tertiary/aromatic N) is 1. The summed E-state index contributed by atoms with van der Waals surface area (Å²) in [5.74, 6) is -0.252. The molecule has 0 spiro atoms. The van der Waals surface area contributed by atoms with Gasteiger partial charge in [-0.2, -0.15) is 0 Å². The van der Waals surface area contributed by atoms with Crippen molar-refractivity contribution in [2.24, 2.45) is 0 Å². The molecule has 2 rings (SSSR count). The molecule has 2 aromatic rings. The minimum Gasteiger partial charge on any atom is -0.347 e. The minimum atomic E-state index is -0.146. The molecule has 2 aromatic carbocycles. The first kappa shape index (κ1) is 15.8. The Bertz CT molecular complexity index is 611. The largest absolute Gasteiger partial charge is 0.347 e.